The Kier molecular flexibility index (Phi) is 3.87. The monoisotopic (exact) mass is 362 g/mol. The Hall–Kier alpha value is -1.88. The van der Waals surface area contributed by atoms with Crippen molar-refractivity contribution >= 4 is 17.6 Å². The van der Waals surface area contributed by atoms with Crippen LogP contribution in [-0.4, -0.2) is 15.7 Å². The van der Waals surface area contributed by atoms with Crippen LogP contribution in [0.2, 0.25) is 5.15 Å². The lowest BCUT2D eigenvalue weighted by atomic mass is 9.85. The maximum Gasteiger partial charge on any atom is 0.343 e. The van der Waals surface area contributed by atoms with Crippen LogP contribution in [0.15, 0.2) is 24.4 Å². The first kappa shape index (κ1) is 16.6. The molecule has 6 heteroatoms. The lowest BCUT2D eigenvalue weighted by Gasteiger charge is -2.33. The molecule has 4 nitrogen and oxygen atoms in total. The van der Waals surface area contributed by atoms with Gasteiger partial charge in [0.2, 0.25) is 0 Å². The number of rotatable bonds is 4. The van der Waals surface area contributed by atoms with E-state index in [1.165, 1.54) is 23.0 Å². The van der Waals surface area contributed by atoms with Gasteiger partial charge in [-0.3, -0.25) is 4.68 Å². The third-order valence-corrected chi connectivity index (χ3v) is 6.19. The van der Waals surface area contributed by atoms with Crippen molar-refractivity contribution in [2.24, 2.45) is 13.0 Å². The van der Waals surface area contributed by atoms with Gasteiger partial charge in [-0.05, 0) is 42.9 Å². The molecule has 2 bridgehead atoms. The van der Waals surface area contributed by atoms with Gasteiger partial charge in [0, 0.05) is 18.5 Å². The molecule has 2 aromatic rings. The summed E-state index contributed by atoms with van der Waals surface area (Å²) in [4.78, 5) is 12.8. The number of carbonyl (C=O) groups is 1. The van der Waals surface area contributed by atoms with Gasteiger partial charge in [-0.25, -0.2) is 9.18 Å². The SMILES string of the molecule is CCCC1C2CCC1(OC(=O)c1cnn(C)c1Cl)c1cc(F)ccc12. The number of ether oxygens (including phenoxy) is 1. The Balaban J connectivity index is 1.76. The molecule has 0 spiro atoms. The summed E-state index contributed by atoms with van der Waals surface area (Å²) in [6.45, 7) is 2.12. The van der Waals surface area contributed by atoms with E-state index in [0.29, 0.717) is 5.92 Å². The van der Waals surface area contributed by atoms with Crippen LogP contribution in [0, 0.1) is 11.7 Å². The molecule has 1 saturated carbocycles. The van der Waals surface area contributed by atoms with Crippen molar-refractivity contribution in [2.45, 2.75) is 44.1 Å². The topological polar surface area (TPSA) is 44.1 Å². The van der Waals surface area contributed by atoms with Crippen LogP contribution in [0.3, 0.4) is 0 Å². The van der Waals surface area contributed by atoms with Gasteiger partial charge in [0.15, 0.2) is 0 Å². The molecule has 0 radical (unpaired) electrons. The van der Waals surface area contributed by atoms with E-state index in [1.54, 1.807) is 7.05 Å². The van der Waals surface area contributed by atoms with Gasteiger partial charge in [-0.2, -0.15) is 5.10 Å². The molecule has 0 saturated heterocycles. The van der Waals surface area contributed by atoms with Crippen molar-refractivity contribution in [3.63, 3.8) is 0 Å². The Morgan fingerprint density at radius 1 is 1.52 bits per heavy atom. The molecule has 1 fully saturated rings. The zero-order valence-corrected chi connectivity index (χ0v) is 15.0. The molecule has 3 atom stereocenters. The number of hydrogen-bond donors (Lipinski definition) is 0. The van der Waals surface area contributed by atoms with Crippen molar-refractivity contribution in [2.75, 3.05) is 0 Å². The zero-order valence-electron chi connectivity index (χ0n) is 14.3. The van der Waals surface area contributed by atoms with Gasteiger partial charge < -0.3 is 4.74 Å². The highest BCUT2D eigenvalue weighted by atomic mass is 35.5. The van der Waals surface area contributed by atoms with Gasteiger partial charge >= 0.3 is 5.97 Å². The van der Waals surface area contributed by atoms with Crippen LogP contribution in [0.4, 0.5) is 4.39 Å². The maximum absolute atomic E-state index is 13.9. The second-order valence-corrected chi connectivity index (χ2v) is 7.38. The van der Waals surface area contributed by atoms with Crippen LogP contribution in [0.1, 0.15) is 60.0 Å². The smallest absolute Gasteiger partial charge is 0.343 e. The first-order chi connectivity index (χ1) is 12.0. The molecular weight excluding hydrogens is 343 g/mol. The molecule has 2 aliphatic rings. The van der Waals surface area contributed by atoms with E-state index in [9.17, 15) is 9.18 Å². The minimum absolute atomic E-state index is 0.189. The standard InChI is InChI=1S/C19H20ClFN2O2/c1-3-4-15-13-7-8-19(15,16-9-11(21)5-6-12(13)16)25-18(24)14-10-22-23(2)17(14)20/h5-6,9-10,13,15H,3-4,7-8H2,1-2H3. The zero-order chi connectivity index (χ0) is 17.8. The second kappa shape index (κ2) is 5.84. The van der Waals surface area contributed by atoms with Crippen LogP contribution in [0.5, 0.6) is 0 Å². The molecule has 1 heterocycles. The fraction of sp³-hybridized carbons (Fsp3) is 0.474. The maximum atomic E-state index is 13.9. The van der Waals surface area contributed by atoms with Gasteiger partial charge in [0.1, 0.15) is 22.1 Å². The van der Waals surface area contributed by atoms with E-state index in [0.717, 1.165) is 36.8 Å². The molecule has 1 aromatic carbocycles. The predicted octanol–water partition coefficient (Wildman–Crippen LogP) is 4.57. The highest BCUT2D eigenvalue weighted by Crippen LogP contribution is 2.63. The Bertz CT molecular complexity index is 850. The van der Waals surface area contributed by atoms with Gasteiger partial charge in [0.05, 0.1) is 6.20 Å². The summed E-state index contributed by atoms with van der Waals surface area (Å²) in [5, 5.41) is 4.26. The van der Waals surface area contributed by atoms with E-state index in [1.807, 2.05) is 6.07 Å². The highest BCUT2D eigenvalue weighted by Gasteiger charge is 2.59. The summed E-state index contributed by atoms with van der Waals surface area (Å²) in [6.07, 6.45) is 5.03. The Morgan fingerprint density at radius 2 is 2.32 bits per heavy atom. The second-order valence-electron chi connectivity index (χ2n) is 7.02. The first-order valence-electron chi connectivity index (χ1n) is 8.68. The minimum Gasteiger partial charge on any atom is -0.450 e. The lowest BCUT2D eigenvalue weighted by molar-refractivity contribution is -0.0412. The molecule has 1 aromatic heterocycles. The molecule has 4 rings (SSSR count). The summed E-state index contributed by atoms with van der Waals surface area (Å²) >= 11 is 6.15. The number of aryl methyl sites for hydroxylation is 1. The first-order valence-corrected chi connectivity index (χ1v) is 9.06. The summed E-state index contributed by atoms with van der Waals surface area (Å²) in [5.41, 5.74) is 1.45. The number of esters is 1. The normalized spacial score (nSPS) is 26.7. The lowest BCUT2D eigenvalue weighted by Crippen LogP contribution is -2.34. The Labute approximate surface area is 150 Å². The van der Waals surface area contributed by atoms with Gasteiger partial charge in [-0.1, -0.05) is 31.0 Å². The fourth-order valence-electron chi connectivity index (χ4n) is 4.71. The van der Waals surface area contributed by atoms with Gasteiger partial charge in [0.25, 0.3) is 0 Å². The highest BCUT2D eigenvalue weighted by molar-refractivity contribution is 6.32. The molecule has 0 amide bonds. The number of nitrogens with zero attached hydrogens (tertiary/aromatic N) is 2. The largest absolute Gasteiger partial charge is 0.450 e. The van der Waals surface area contributed by atoms with E-state index < -0.39 is 11.6 Å². The third-order valence-electron chi connectivity index (χ3n) is 5.74. The number of hydrogen-bond acceptors (Lipinski definition) is 3. The molecule has 0 N–H and O–H groups in total. The van der Waals surface area contributed by atoms with E-state index in [4.69, 9.17) is 16.3 Å². The van der Waals surface area contributed by atoms with E-state index in [2.05, 4.69) is 12.0 Å². The number of aromatic nitrogens is 2. The molecule has 3 unspecified atom stereocenters. The van der Waals surface area contributed by atoms with E-state index >= 15 is 0 Å². The molecular formula is C19H20ClFN2O2. The van der Waals surface area contributed by atoms with Crippen molar-refractivity contribution in [3.05, 3.63) is 52.1 Å². The third kappa shape index (κ3) is 2.32. The molecule has 0 aliphatic heterocycles. The summed E-state index contributed by atoms with van der Waals surface area (Å²) in [6, 6.07) is 4.88. The van der Waals surface area contributed by atoms with Crippen molar-refractivity contribution in [1.82, 2.24) is 9.78 Å². The fourth-order valence-corrected chi connectivity index (χ4v) is 4.88. The van der Waals surface area contributed by atoms with Crippen molar-refractivity contribution < 1.29 is 13.9 Å². The quantitative estimate of drug-likeness (QED) is 0.748. The van der Waals surface area contributed by atoms with Crippen LogP contribution in [-0.2, 0) is 17.4 Å². The van der Waals surface area contributed by atoms with Crippen molar-refractivity contribution in [1.29, 1.82) is 0 Å². The molecule has 2 aliphatic carbocycles. The Morgan fingerprint density at radius 3 is 3.00 bits per heavy atom. The number of fused-ring (bicyclic) bond motifs is 5. The van der Waals surface area contributed by atoms with Crippen LogP contribution < -0.4 is 0 Å². The summed E-state index contributed by atoms with van der Waals surface area (Å²) in [5.74, 6) is -0.269. The van der Waals surface area contributed by atoms with Crippen LogP contribution in [0.25, 0.3) is 0 Å². The van der Waals surface area contributed by atoms with Crippen molar-refractivity contribution in [3.8, 4) is 0 Å². The van der Waals surface area contributed by atoms with E-state index in [-0.39, 0.29) is 22.5 Å². The molecule has 132 valence electrons. The predicted molar refractivity (Wildman–Crippen MR) is 92.1 cm³/mol. The minimum atomic E-state index is -0.756. The van der Waals surface area contributed by atoms with Crippen LogP contribution >= 0.6 is 11.6 Å². The number of carbonyl (C=O) groups excluding carboxylic acids is 1. The molecule has 25 heavy (non-hydrogen) atoms. The van der Waals surface area contributed by atoms with Gasteiger partial charge in [-0.15, -0.1) is 0 Å². The number of halogens is 2. The summed E-state index contributed by atoms with van der Waals surface area (Å²) in [7, 11) is 1.67. The summed E-state index contributed by atoms with van der Waals surface area (Å²) < 4.78 is 21.4. The average molecular weight is 363 g/mol. The average Bonchev–Trinajstić information content (AvgIpc) is 3.17. The number of benzene rings is 1.